The van der Waals surface area contributed by atoms with E-state index >= 15 is 0 Å². The quantitative estimate of drug-likeness (QED) is 0.534. The molecule has 0 spiro atoms. The zero-order valence-corrected chi connectivity index (χ0v) is 17.6. The normalized spacial score (nSPS) is 16.3. The van der Waals surface area contributed by atoms with E-state index in [1.54, 1.807) is 24.4 Å². The molecule has 158 valence electrons. The summed E-state index contributed by atoms with van der Waals surface area (Å²) in [4.78, 5) is 30.1. The molecule has 1 aliphatic heterocycles. The smallest absolute Gasteiger partial charge is 0.280 e. The van der Waals surface area contributed by atoms with Crippen molar-refractivity contribution in [1.29, 1.82) is 0 Å². The number of carbonyl (C=O) groups excluding carboxylic acids is 1. The van der Waals surface area contributed by atoms with E-state index in [4.69, 9.17) is 4.74 Å². The van der Waals surface area contributed by atoms with E-state index in [0.29, 0.717) is 23.0 Å². The van der Waals surface area contributed by atoms with Crippen LogP contribution in [0.5, 0.6) is 0 Å². The van der Waals surface area contributed by atoms with Gasteiger partial charge in [0.1, 0.15) is 0 Å². The summed E-state index contributed by atoms with van der Waals surface area (Å²) in [7, 11) is 0. The third-order valence-corrected chi connectivity index (χ3v) is 6.05. The predicted molar refractivity (Wildman–Crippen MR) is 120 cm³/mol. The number of aromatic nitrogens is 3. The number of hydrogen-bond donors (Lipinski definition) is 2. The molecule has 7 nitrogen and oxygen atoms in total. The first-order valence-electron chi connectivity index (χ1n) is 10.5. The predicted octanol–water partition coefficient (Wildman–Crippen LogP) is 3.39. The number of hydrogen-bond acceptors (Lipinski definition) is 4. The van der Waals surface area contributed by atoms with Gasteiger partial charge in [0.05, 0.1) is 28.2 Å². The van der Waals surface area contributed by atoms with Crippen molar-refractivity contribution in [1.82, 2.24) is 20.1 Å². The Morgan fingerprint density at radius 2 is 2.06 bits per heavy atom. The van der Waals surface area contributed by atoms with Crippen molar-refractivity contribution >= 4 is 27.7 Å². The fourth-order valence-corrected chi connectivity index (χ4v) is 4.06. The first-order chi connectivity index (χ1) is 15.0. The Balaban J connectivity index is 1.55. The van der Waals surface area contributed by atoms with Crippen molar-refractivity contribution < 1.29 is 9.53 Å². The van der Waals surface area contributed by atoms with Crippen LogP contribution < -0.4 is 10.9 Å². The van der Waals surface area contributed by atoms with Crippen molar-refractivity contribution in [3.8, 4) is 5.69 Å². The molecular formula is C24H24N4O3. The zero-order chi connectivity index (χ0) is 21.5. The lowest BCUT2D eigenvalue weighted by atomic mass is 10.1. The Morgan fingerprint density at radius 1 is 1.19 bits per heavy atom. The summed E-state index contributed by atoms with van der Waals surface area (Å²) in [6.07, 6.45) is 3.67. The number of carbonyl (C=O) groups is 1. The Labute approximate surface area is 179 Å². The maximum absolute atomic E-state index is 13.0. The van der Waals surface area contributed by atoms with Gasteiger partial charge in [-0.2, -0.15) is 0 Å². The Kier molecular flexibility index (Phi) is 4.82. The number of fused-ring (bicyclic) bond motifs is 3. The van der Waals surface area contributed by atoms with Gasteiger partial charge in [0.25, 0.3) is 11.5 Å². The highest BCUT2D eigenvalue weighted by Crippen LogP contribution is 2.23. The average molecular weight is 416 g/mol. The van der Waals surface area contributed by atoms with Crippen LogP contribution in [0.4, 0.5) is 0 Å². The van der Waals surface area contributed by atoms with E-state index in [-0.39, 0.29) is 17.6 Å². The van der Waals surface area contributed by atoms with Crippen LogP contribution in [0.3, 0.4) is 0 Å². The number of aryl methyl sites for hydroxylation is 2. The summed E-state index contributed by atoms with van der Waals surface area (Å²) in [6, 6.07) is 11.2. The van der Waals surface area contributed by atoms with Gasteiger partial charge in [0, 0.05) is 30.3 Å². The molecule has 1 aliphatic rings. The topological polar surface area (TPSA) is 89.0 Å². The highest BCUT2D eigenvalue weighted by Gasteiger charge is 2.18. The molecule has 7 heteroatoms. The van der Waals surface area contributed by atoms with Crippen LogP contribution >= 0.6 is 0 Å². The van der Waals surface area contributed by atoms with E-state index in [9.17, 15) is 9.59 Å². The molecule has 3 heterocycles. The molecule has 2 aromatic carbocycles. The molecule has 5 rings (SSSR count). The van der Waals surface area contributed by atoms with Gasteiger partial charge in [-0.15, -0.1) is 0 Å². The lowest BCUT2D eigenvalue weighted by Crippen LogP contribution is -2.31. The molecule has 0 saturated carbocycles. The number of pyridine rings is 1. The molecule has 2 aromatic heterocycles. The highest BCUT2D eigenvalue weighted by atomic mass is 16.5. The first kappa shape index (κ1) is 19.5. The molecule has 0 radical (unpaired) electrons. The maximum Gasteiger partial charge on any atom is 0.280 e. The summed E-state index contributed by atoms with van der Waals surface area (Å²) in [5, 5.41) is 7.40. The third kappa shape index (κ3) is 3.51. The van der Waals surface area contributed by atoms with Crippen LogP contribution in [0, 0.1) is 13.8 Å². The van der Waals surface area contributed by atoms with Gasteiger partial charge in [-0.3, -0.25) is 19.7 Å². The monoisotopic (exact) mass is 416 g/mol. The van der Waals surface area contributed by atoms with Crippen LogP contribution in [-0.4, -0.2) is 39.9 Å². The van der Waals surface area contributed by atoms with Gasteiger partial charge in [0.2, 0.25) is 0 Å². The molecule has 2 N–H and O–H groups in total. The number of aromatic amines is 1. The van der Waals surface area contributed by atoms with Crippen molar-refractivity contribution in [2.24, 2.45) is 0 Å². The van der Waals surface area contributed by atoms with Gasteiger partial charge < -0.3 is 10.1 Å². The zero-order valence-electron chi connectivity index (χ0n) is 17.6. The van der Waals surface area contributed by atoms with Crippen LogP contribution in [0.15, 0.2) is 47.4 Å². The highest BCUT2D eigenvalue weighted by molar-refractivity contribution is 6.06. The second kappa shape index (κ2) is 7.67. The Morgan fingerprint density at radius 3 is 2.84 bits per heavy atom. The molecule has 0 aliphatic carbocycles. The number of H-pyrrole nitrogens is 1. The molecule has 1 fully saturated rings. The number of nitrogens with one attached hydrogen (secondary N) is 2. The molecule has 31 heavy (non-hydrogen) atoms. The van der Waals surface area contributed by atoms with Crippen LogP contribution in [-0.2, 0) is 4.74 Å². The van der Waals surface area contributed by atoms with E-state index < -0.39 is 0 Å². The standard InChI is InChI=1S/C24H24N4O3/c1-14-5-7-17(10-15(14)2)28-24(30)20-13-25-21-8-6-16(11-19(21)22(20)27-28)23(29)26-12-18-4-3-9-31-18/h5-8,10-11,13,18,27H,3-4,9,12H2,1-2H3,(H,26,29). The van der Waals surface area contributed by atoms with Crippen molar-refractivity contribution in [3.05, 3.63) is 69.6 Å². The molecule has 1 amide bonds. The number of amides is 1. The number of rotatable bonds is 4. The number of ether oxygens (including phenoxy) is 1. The fourth-order valence-electron chi connectivity index (χ4n) is 4.06. The van der Waals surface area contributed by atoms with Crippen LogP contribution in [0.1, 0.15) is 34.3 Å². The minimum absolute atomic E-state index is 0.0844. The summed E-state index contributed by atoms with van der Waals surface area (Å²) < 4.78 is 7.10. The van der Waals surface area contributed by atoms with Crippen LogP contribution in [0.25, 0.3) is 27.5 Å². The summed E-state index contributed by atoms with van der Waals surface area (Å²) in [5.74, 6) is -0.162. The van der Waals surface area contributed by atoms with Crippen molar-refractivity contribution in [2.75, 3.05) is 13.2 Å². The van der Waals surface area contributed by atoms with Gasteiger partial charge in [-0.05, 0) is 68.1 Å². The number of nitrogens with zero attached hydrogens (tertiary/aromatic N) is 2. The number of benzene rings is 2. The minimum Gasteiger partial charge on any atom is -0.376 e. The average Bonchev–Trinajstić information content (AvgIpc) is 3.42. The molecule has 0 bridgehead atoms. The molecule has 1 unspecified atom stereocenters. The van der Waals surface area contributed by atoms with Gasteiger partial charge in [0.15, 0.2) is 0 Å². The van der Waals surface area contributed by atoms with Crippen LogP contribution in [0.2, 0.25) is 0 Å². The molecule has 1 saturated heterocycles. The van der Waals surface area contributed by atoms with E-state index in [2.05, 4.69) is 15.4 Å². The van der Waals surface area contributed by atoms with E-state index in [1.807, 2.05) is 32.0 Å². The second-order valence-electron chi connectivity index (χ2n) is 8.14. The van der Waals surface area contributed by atoms with Crippen molar-refractivity contribution in [2.45, 2.75) is 32.8 Å². The van der Waals surface area contributed by atoms with Crippen molar-refractivity contribution in [3.63, 3.8) is 0 Å². The van der Waals surface area contributed by atoms with E-state index in [0.717, 1.165) is 41.6 Å². The summed E-state index contributed by atoms with van der Waals surface area (Å²) >= 11 is 0. The summed E-state index contributed by atoms with van der Waals surface area (Å²) in [5.41, 5.74) is 4.79. The lowest BCUT2D eigenvalue weighted by molar-refractivity contribution is 0.0858. The van der Waals surface area contributed by atoms with E-state index in [1.165, 1.54) is 10.2 Å². The minimum atomic E-state index is -0.166. The SMILES string of the molecule is Cc1ccc(-n2[nH]c3c(cnc4ccc(C(=O)NCC5CCCO5)cc43)c2=O)cc1C. The first-order valence-corrected chi connectivity index (χ1v) is 10.5. The van der Waals surface area contributed by atoms with Gasteiger partial charge >= 0.3 is 0 Å². The molecule has 1 atom stereocenters. The second-order valence-corrected chi connectivity index (χ2v) is 8.14. The fraction of sp³-hybridized carbons (Fsp3) is 0.292. The van der Waals surface area contributed by atoms with Gasteiger partial charge in [-0.25, -0.2) is 4.68 Å². The largest absolute Gasteiger partial charge is 0.376 e. The third-order valence-electron chi connectivity index (χ3n) is 6.05. The maximum atomic E-state index is 13.0. The Hall–Kier alpha value is -3.45. The molecule has 4 aromatic rings. The lowest BCUT2D eigenvalue weighted by Gasteiger charge is -2.11. The Bertz CT molecular complexity index is 1360. The van der Waals surface area contributed by atoms with Gasteiger partial charge in [-0.1, -0.05) is 6.07 Å². The summed E-state index contributed by atoms with van der Waals surface area (Å²) in [6.45, 7) is 5.31. The molecular weight excluding hydrogens is 392 g/mol.